The summed E-state index contributed by atoms with van der Waals surface area (Å²) < 4.78 is 0. The summed E-state index contributed by atoms with van der Waals surface area (Å²) in [7, 11) is 0. The number of hydrogen-bond acceptors (Lipinski definition) is 2. The minimum absolute atomic E-state index is 0.0713. The molecule has 4 aliphatic rings. The van der Waals surface area contributed by atoms with Crippen molar-refractivity contribution in [3.05, 3.63) is 11.6 Å². The van der Waals surface area contributed by atoms with Crippen molar-refractivity contribution in [3.8, 4) is 0 Å². The predicted molar refractivity (Wildman–Crippen MR) is 91.9 cm³/mol. The van der Waals surface area contributed by atoms with Crippen molar-refractivity contribution in [1.82, 2.24) is 0 Å². The largest absolute Gasteiger partial charge is 0.393 e. The second-order valence-electron chi connectivity index (χ2n) is 9.35. The fourth-order valence-corrected chi connectivity index (χ4v) is 7.46. The predicted octanol–water partition coefficient (Wildman–Crippen LogP) is 4.52. The molecule has 3 saturated carbocycles. The van der Waals surface area contributed by atoms with Crippen LogP contribution in [0.5, 0.6) is 0 Å². The molecule has 0 saturated heterocycles. The van der Waals surface area contributed by atoms with E-state index in [9.17, 15) is 9.90 Å². The van der Waals surface area contributed by atoms with Gasteiger partial charge in [0, 0.05) is 6.42 Å². The summed E-state index contributed by atoms with van der Waals surface area (Å²) in [5.41, 5.74) is 1.77. The Hall–Kier alpha value is -0.630. The zero-order chi connectivity index (χ0) is 16.4. The van der Waals surface area contributed by atoms with Gasteiger partial charge in [0.2, 0.25) is 0 Å². The number of allylic oxidation sites excluding steroid dienone is 1. The number of rotatable bonds is 1. The first kappa shape index (κ1) is 15.9. The van der Waals surface area contributed by atoms with Gasteiger partial charge >= 0.3 is 0 Å². The summed E-state index contributed by atoms with van der Waals surface area (Å²) in [6.45, 7) is 7.14. The van der Waals surface area contributed by atoms with Crippen molar-refractivity contribution in [2.24, 2.45) is 34.5 Å². The normalized spacial score (nSPS) is 52.4. The van der Waals surface area contributed by atoms with E-state index in [2.05, 4.69) is 20.8 Å². The smallest absolute Gasteiger partial charge is 0.155 e. The molecule has 23 heavy (non-hydrogen) atoms. The molecule has 0 spiro atoms. The molecule has 0 radical (unpaired) electrons. The monoisotopic (exact) mass is 316 g/mol. The molecule has 0 aliphatic heterocycles. The minimum atomic E-state index is -0.185. The van der Waals surface area contributed by atoms with Gasteiger partial charge in [-0.1, -0.05) is 32.8 Å². The van der Waals surface area contributed by atoms with Crippen LogP contribution in [0, 0.1) is 34.5 Å². The number of aliphatic hydroxyl groups excluding tert-OH is 1. The minimum Gasteiger partial charge on any atom is -0.393 e. The molecule has 3 fully saturated rings. The van der Waals surface area contributed by atoms with Crippen LogP contribution in [0.3, 0.4) is 0 Å². The molecule has 2 nitrogen and oxygen atoms in total. The highest BCUT2D eigenvalue weighted by atomic mass is 16.3. The molecule has 1 N–H and O–H groups in total. The third-order valence-electron chi connectivity index (χ3n) is 8.58. The highest BCUT2D eigenvalue weighted by molar-refractivity contribution is 5.91. The highest BCUT2D eigenvalue weighted by Gasteiger charge is 2.61. The average Bonchev–Trinajstić information content (AvgIpc) is 2.83. The zero-order valence-electron chi connectivity index (χ0n) is 15.0. The summed E-state index contributed by atoms with van der Waals surface area (Å²) in [6.07, 6.45) is 10.6. The molecule has 0 aromatic heterocycles. The summed E-state index contributed by atoms with van der Waals surface area (Å²) in [4.78, 5) is 11.9. The first-order valence-corrected chi connectivity index (χ1v) is 9.82. The van der Waals surface area contributed by atoms with Gasteiger partial charge in [0.15, 0.2) is 5.78 Å². The van der Waals surface area contributed by atoms with Gasteiger partial charge in [0.1, 0.15) is 0 Å². The zero-order valence-corrected chi connectivity index (χ0v) is 15.0. The number of aliphatic hydroxyl groups is 1. The van der Waals surface area contributed by atoms with Gasteiger partial charge in [0.05, 0.1) is 6.10 Å². The average molecular weight is 316 g/mol. The van der Waals surface area contributed by atoms with E-state index in [1.54, 1.807) is 0 Å². The van der Waals surface area contributed by atoms with E-state index in [-0.39, 0.29) is 11.5 Å². The molecule has 0 heterocycles. The van der Waals surface area contributed by atoms with E-state index < -0.39 is 0 Å². The first-order valence-electron chi connectivity index (χ1n) is 9.82. The SMILES string of the molecule is CC[C@H]1CC[C@H]2[C@@H]3CCC4=CC(=O)CC[C@]4(C)[C@H]3C(O)C[C@]12C. The molecule has 128 valence electrons. The second-order valence-corrected chi connectivity index (χ2v) is 9.35. The second kappa shape index (κ2) is 5.18. The highest BCUT2D eigenvalue weighted by Crippen LogP contribution is 2.66. The maximum Gasteiger partial charge on any atom is 0.155 e. The van der Waals surface area contributed by atoms with E-state index >= 15 is 0 Å². The quantitative estimate of drug-likeness (QED) is 0.772. The van der Waals surface area contributed by atoms with Crippen LogP contribution in [0.4, 0.5) is 0 Å². The van der Waals surface area contributed by atoms with Crippen molar-refractivity contribution in [1.29, 1.82) is 0 Å². The number of ketones is 1. The Morgan fingerprint density at radius 3 is 2.74 bits per heavy atom. The standard InChI is InChI=1S/C21H32O2/c1-4-13-6-8-17-16-7-5-14-11-15(22)9-10-20(14,2)19(16)18(23)12-21(13,17)3/h11,13,16-19,23H,4-10,12H2,1-3H3/t13-,16-,17-,18?,19+,20-,21+/m0/s1. The molecule has 0 amide bonds. The van der Waals surface area contributed by atoms with Gasteiger partial charge in [0.25, 0.3) is 0 Å². The first-order chi connectivity index (χ1) is 10.9. The van der Waals surface area contributed by atoms with E-state index in [1.807, 2.05) is 6.08 Å². The lowest BCUT2D eigenvalue weighted by Gasteiger charge is -2.59. The molecular formula is C21H32O2. The number of hydrogen-bond donors (Lipinski definition) is 1. The molecule has 0 bridgehead atoms. The van der Waals surface area contributed by atoms with Gasteiger partial charge in [-0.15, -0.1) is 0 Å². The van der Waals surface area contributed by atoms with Crippen LogP contribution in [-0.2, 0) is 4.79 Å². The van der Waals surface area contributed by atoms with Crippen LogP contribution >= 0.6 is 0 Å². The summed E-state index contributed by atoms with van der Waals surface area (Å²) in [5.74, 6) is 2.93. The molecular weight excluding hydrogens is 284 g/mol. The Morgan fingerprint density at radius 1 is 1.22 bits per heavy atom. The third kappa shape index (κ3) is 2.06. The lowest BCUT2D eigenvalue weighted by molar-refractivity contribution is -0.133. The fourth-order valence-electron chi connectivity index (χ4n) is 7.46. The van der Waals surface area contributed by atoms with Crippen LogP contribution in [0.2, 0.25) is 0 Å². The number of carbonyl (C=O) groups is 1. The van der Waals surface area contributed by atoms with Crippen molar-refractivity contribution in [2.45, 2.75) is 78.2 Å². The van der Waals surface area contributed by atoms with Crippen molar-refractivity contribution in [2.75, 3.05) is 0 Å². The van der Waals surface area contributed by atoms with Gasteiger partial charge in [-0.05, 0) is 79.1 Å². The lowest BCUT2D eigenvalue weighted by atomic mass is 9.46. The van der Waals surface area contributed by atoms with Crippen LogP contribution in [0.25, 0.3) is 0 Å². The summed E-state index contributed by atoms with van der Waals surface area (Å²) >= 11 is 0. The Balaban J connectivity index is 1.72. The molecule has 4 aliphatic carbocycles. The molecule has 4 rings (SSSR count). The molecule has 2 heteroatoms. The Labute approximate surface area is 140 Å². The lowest BCUT2D eigenvalue weighted by Crippen LogP contribution is -2.56. The molecule has 7 atom stereocenters. The molecule has 0 aromatic carbocycles. The van der Waals surface area contributed by atoms with Crippen LogP contribution in [0.1, 0.15) is 72.1 Å². The van der Waals surface area contributed by atoms with Gasteiger partial charge in [-0.25, -0.2) is 0 Å². The molecule has 0 aromatic rings. The van der Waals surface area contributed by atoms with Gasteiger partial charge < -0.3 is 5.11 Å². The van der Waals surface area contributed by atoms with Gasteiger partial charge in [-0.3, -0.25) is 4.79 Å². The van der Waals surface area contributed by atoms with Crippen molar-refractivity contribution in [3.63, 3.8) is 0 Å². The maximum absolute atomic E-state index is 11.9. The van der Waals surface area contributed by atoms with Crippen LogP contribution < -0.4 is 0 Å². The number of carbonyl (C=O) groups excluding carboxylic acids is 1. The van der Waals surface area contributed by atoms with Crippen LogP contribution in [0.15, 0.2) is 11.6 Å². The number of fused-ring (bicyclic) bond motifs is 5. The van der Waals surface area contributed by atoms with Crippen molar-refractivity contribution < 1.29 is 9.90 Å². The van der Waals surface area contributed by atoms with E-state index in [1.165, 1.54) is 31.3 Å². The van der Waals surface area contributed by atoms with E-state index in [4.69, 9.17) is 0 Å². The fraction of sp³-hybridized carbons (Fsp3) is 0.857. The van der Waals surface area contributed by atoms with Gasteiger partial charge in [-0.2, -0.15) is 0 Å². The van der Waals surface area contributed by atoms with E-state index in [0.717, 1.165) is 31.1 Å². The topological polar surface area (TPSA) is 37.3 Å². The third-order valence-corrected chi connectivity index (χ3v) is 8.58. The molecule has 1 unspecified atom stereocenters. The summed E-state index contributed by atoms with van der Waals surface area (Å²) in [5, 5.41) is 11.2. The van der Waals surface area contributed by atoms with Crippen molar-refractivity contribution >= 4 is 5.78 Å². The van der Waals surface area contributed by atoms with E-state index in [0.29, 0.717) is 29.5 Å². The summed E-state index contributed by atoms with van der Waals surface area (Å²) in [6, 6.07) is 0. The van der Waals surface area contributed by atoms with Crippen LogP contribution in [-0.4, -0.2) is 17.0 Å². The maximum atomic E-state index is 11.9. The Bertz CT molecular complexity index is 550. The Morgan fingerprint density at radius 2 is 2.00 bits per heavy atom. The Kier molecular flexibility index (Phi) is 3.58.